The van der Waals surface area contributed by atoms with E-state index in [0.29, 0.717) is 5.92 Å². The van der Waals surface area contributed by atoms with Gasteiger partial charge in [0.1, 0.15) is 0 Å². The third-order valence-corrected chi connectivity index (χ3v) is 9.63. The van der Waals surface area contributed by atoms with Gasteiger partial charge >= 0.3 is 6.18 Å². The van der Waals surface area contributed by atoms with E-state index in [1.807, 2.05) is 0 Å². The van der Waals surface area contributed by atoms with Crippen molar-refractivity contribution < 1.29 is 26.4 Å². The number of carbonyl (C=O) groups excluding carboxylic acids is 1. The van der Waals surface area contributed by atoms with Crippen molar-refractivity contribution in [2.75, 3.05) is 29.9 Å². The molecule has 2 aliphatic carbocycles. The molecule has 0 radical (unpaired) electrons. The Morgan fingerprint density at radius 3 is 2.39 bits per heavy atom. The largest absolute Gasteiger partial charge is 0.434 e. The number of anilines is 1. The van der Waals surface area contributed by atoms with Crippen LogP contribution < -0.4 is 5.32 Å². The van der Waals surface area contributed by atoms with Gasteiger partial charge in [-0.2, -0.15) is 13.2 Å². The molecular formula is C20H27F3N4O3S. The minimum Gasteiger partial charge on any atom is -0.351 e. The van der Waals surface area contributed by atoms with E-state index < -0.39 is 33.2 Å². The average molecular weight is 461 g/mol. The molecule has 4 rings (SSSR count). The van der Waals surface area contributed by atoms with Crippen LogP contribution in [0.25, 0.3) is 0 Å². The lowest BCUT2D eigenvalue weighted by Crippen LogP contribution is -2.44. The summed E-state index contributed by atoms with van der Waals surface area (Å²) in [6, 6.07) is -0.0452. The maximum Gasteiger partial charge on any atom is 0.434 e. The smallest absolute Gasteiger partial charge is 0.351 e. The van der Waals surface area contributed by atoms with Gasteiger partial charge in [0.15, 0.2) is 15.5 Å². The molecule has 3 atom stereocenters. The molecule has 1 saturated heterocycles. The monoisotopic (exact) mass is 460 g/mol. The molecule has 3 aliphatic rings. The van der Waals surface area contributed by atoms with Gasteiger partial charge in [-0.3, -0.25) is 4.79 Å². The minimum absolute atomic E-state index is 0.0452. The summed E-state index contributed by atoms with van der Waals surface area (Å²) in [4.78, 5) is 21.6. The van der Waals surface area contributed by atoms with Crippen molar-refractivity contribution >= 4 is 21.7 Å². The van der Waals surface area contributed by atoms with Crippen LogP contribution in [0.15, 0.2) is 6.20 Å². The number of nitrogens with one attached hydrogen (secondary N) is 1. The van der Waals surface area contributed by atoms with Gasteiger partial charge in [-0.1, -0.05) is 20.8 Å². The number of hydrogen-bond acceptors (Lipinski definition) is 6. The molecule has 1 amide bonds. The van der Waals surface area contributed by atoms with Crippen LogP contribution in [-0.2, 0) is 16.0 Å². The summed E-state index contributed by atoms with van der Waals surface area (Å²) in [5.41, 5.74) is -1.96. The van der Waals surface area contributed by atoms with Crippen molar-refractivity contribution in [1.29, 1.82) is 0 Å². The maximum atomic E-state index is 13.8. The van der Waals surface area contributed by atoms with E-state index in [1.54, 1.807) is 0 Å². The number of fused-ring (bicyclic) bond motifs is 2. The number of hydrogen-bond donors (Lipinski definition) is 1. The van der Waals surface area contributed by atoms with Gasteiger partial charge in [0.25, 0.3) is 5.91 Å². The number of nitrogens with zero attached hydrogens (tertiary/aromatic N) is 3. The molecular weight excluding hydrogens is 433 g/mol. The van der Waals surface area contributed by atoms with Crippen LogP contribution in [0.3, 0.4) is 0 Å². The summed E-state index contributed by atoms with van der Waals surface area (Å²) < 4.78 is 64.4. The van der Waals surface area contributed by atoms with Gasteiger partial charge in [-0.25, -0.2) is 18.4 Å². The van der Waals surface area contributed by atoms with Gasteiger partial charge in [0.2, 0.25) is 5.95 Å². The Balaban J connectivity index is 1.59. The third kappa shape index (κ3) is 3.68. The lowest BCUT2D eigenvalue weighted by molar-refractivity contribution is -0.141. The van der Waals surface area contributed by atoms with Crippen molar-refractivity contribution in [3.63, 3.8) is 0 Å². The van der Waals surface area contributed by atoms with Crippen LogP contribution in [-0.4, -0.2) is 59.8 Å². The molecule has 1 N–H and O–H groups in total. The zero-order chi connectivity index (χ0) is 22.8. The van der Waals surface area contributed by atoms with Gasteiger partial charge < -0.3 is 10.2 Å². The number of amides is 1. The first-order chi connectivity index (χ1) is 14.2. The Bertz CT molecular complexity index is 997. The molecule has 31 heavy (non-hydrogen) atoms. The molecule has 172 valence electrons. The lowest BCUT2D eigenvalue weighted by Gasteiger charge is -2.39. The topological polar surface area (TPSA) is 92.3 Å². The fourth-order valence-electron chi connectivity index (χ4n) is 5.49. The second kappa shape index (κ2) is 7.05. The fourth-order valence-corrected chi connectivity index (χ4v) is 6.69. The van der Waals surface area contributed by atoms with Gasteiger partial charge in [0, 0.05) is 25.3 Å². The first-order valence-electron chi connectivity index (χ1n) is 10.4. The first kappa shape index (κ1) is 22.3. The summed E-state index contributed by atoms with van der Waals surface area (Å²) in [7, 11) is -3.27. The highest BCUT2D eigenvalue weighted by Crippen LogP contribution is 2.65. The molecule has 2 bridgehead atoms. The predicted octanol–water partition coefficient (Wildman–Crippen LogP) is 2.99. The SMILES string of the molecule is CC1(C)[C@@H]2CC[C@]1(C)[C@@H](Nc1ncc(C(=O)N3CCS(=O)(=O)CC3)c(C(F)(F)F)n1)C2. The zero-order valence-electron chi connectivity index (χ0n) is 17.8. The Morgan fingerprint density at radius 1 is 1.23 bits per heavy atom. The molecule has 7 nitrogen and oxygen atoms in total. The molecule has 0 spiro atoms. The number of sulfone groups is 1. The highest BCUT2D eigenvalue weighted by Gasteiger charge is 2.61. The van der Waals surface area contributed by atoms with Crippen molar-refractivity contribution in [3.8, 4) is 0 Å². The second-order valence-electron chi connectivity index (χ2n) is 9.71. The fraction of sp³-hybridized carbons (Fsp3) is 0.750. The number of aromatic nitrogens is 2. The molecule has 0 unspecified atom stereocenters. The number of halogens is 3. The van der Waals surface area contributed by atoms with Crippen molar-refractivity contribution in [2.45, 2.75) is 52.3 Å². The highest BCUT2D eigenvalue weighted by atomic mass is 32.2. The van der Waals surface area contributed by atoms with E-state index in [2.05, 4.69) is 36.1 Å². The van der Waals surface area contributed by atoms with E-state index in [9.17, 15) is 26.4 Å². The van der Waals surface area contributed by atoms with E-state index in [4.69, 9.17) is 0 Å². The van der Waals surface area contributed by atoms with Crippen molar-refractivity contribution in [2.24, 2.45) is 16.7 Å². The summed E-state index contributed by atoms with van der Waals surface area (Å²) in [5, 5.41) is 3.11. The molecule has 1 aliphatic heterocycles. The summed E-state index contributed by atoms with van der Waals surface area (Å²) >= 11 is 0. The minimum atomic E-state index is -4.84. The Morgan fingerprint density at radius 2 is 1.87 bits per heavy atom. The van der Waals surface area contributed by atoms with Crippen LogP contribution >= 0.6 is 0 Å². The van der Waals surface area contributed by atoms with Crippen LogP contribution in [0.4, 0.5) is 19.1 Å². The molecule has 1 aromatic rings. The normalized spacial score (nSPS) is 31.6. The Labute approximate surface area is 179 Å². The van der Waals surface area contributed by atoms with Gasteiger partial charge in [-0.15, -0.1) is 0 Å². The molecule has 11 heteroatoms. The zero-order valence-corrected chi connectivity index (χ0v) is 18.6. The molecule has 0 aromatic carbocycles. The molecule has 2 heterocycles. The van der Waals surface area contributed by atoms with Crippen LogP contribution in [0.5, 0.6) is 0 Å². The van der Waals surface area contributed by atoms with E-state index in [0.717, 1.165) is 30.4 Å². The van der Waals surface area contributed by atoms with Crippen molar-refractivity contribution in [3.05, 3.63) is 17.5 Å². The third-order valence-electron chi connectivity index (χ3n) is 8.02. The number of alkyl halides is 3. The summed E-state index contributed by atoms with van der Waals surface area (Å²) in [5.74, 6) is -1.08. The van der Waals surface area contributed by atoms with E-state index in [-0.39, 0.29) is 47.4 Å². The average Bonchev–Trinajstić information content (AvgIpc) is 3.00. The lowest BCUT2D eigenvalue weighted by atomic mass is 9.69. The number of carbonyl (C=O) groups is 1. The highest BCUT2D eigenvalue weighted by molar-refractivity contribution is 7.91. The van der Waals surface area contributed by atoms with Crippen molar-refractivity contribution in [1.82, 2.24) is 14.9 Å². The summed E-state index contributed by atoms with van der Waals surface area (Å²) in [6.45, 7) is 6.28. The first-order valence-corrected chi connectivity index (χ1v) is 12.3. The maximum absolute atomic E-state index is 13.8. The van der Waals surface area contributed by atoms with Crippen LogP contribution in [0, 0.1) is 16.7 Å². The van der Waals surface area contributed by atoms with Gasteiger partial charge in [-0.05, 0) is 36.0 Å². The predicted molar refractivity (Wildman–Crippen MR) is 108 cm³/mol. The molecule has 2 saturated carbocycles. The summed E-state index contributed by atoms with van der Waals surface area (Å²) in [6.07, 6.45) is -0.996. The van der Waals surface area contributed by atoms with Crippen LogP contribution in [0.1, 0.15) is 56.1 Å². The standard InChI is InChI=1S/C20H27F3N4O3S/c1-18(2)12-4-5-19(18,3)14(10-12)25-17-24-11-13(15(26-17)20(21,22)23)16(28)27-6-8-31(29,30)9-7-27/h11-12,14H,4-10H2,1-3H3,(H,24,25,26)/t12-,14+,19-/m1/s1. The Hall–Kier alpha value is -1.91. The van der Waals surface area contributed by atoms with E-state index >= 15 is 0 Å². The van der Waals surface area contributed by atoms with Crippen LogP contribution in [0.2, 0.25) is 0 Å². The Kier molecular flexibility index (Phi) is 5.07. The quantitative estimate of drug-likeness (QED) is 0.746. The molecule has 1 aromatic heterocycles. The molecule has 3 fully saturated rings. The van der Waals surface area contributed by atoms with Gasteiger partial charge in [0.05, 0.1) is 17.1 Å². The van der Waals surface area contributed by atoms with E-state index in [1.165, 1.54) is 0 Å². The second-order valence-corrected chi connectivity index (χ2v) is 12.0. The number of rotatable bonds is 3.